The normalized spacial score (nSPS) is 17.7. The van der Waals surface area contributed by atoms with Gasteiger partial charge in [-0.1, -0.05) is 44.3 Å². The van der Waals surface area contributed by atoms with E-state index in [9.17, 15) is 0 Å². The van der Waals surface area contributed by atoms with Crippen molar-refractivity contribution in [1.82, 2.24) is 19.6 Å². The zero-order chi connectivity index (χ0) is 17.6. The van der Waals surface area contributed by atoms with Crippen molar-refractivity contribution in [3.63, 3.8) is 0 Å². The van der Waals surface area contributed by atoms with Gasteiger partial charge in [-0.15, -0.1) is 21.5 Å². The van der Waals surface area contributed by atoms with Crippen molar-refractivity contribution >= 4 is 50.7 Å². The van der Waals surface area contributed by atoms with Crippen LogP contribution in [-0.2, 0) is 17.8 Å². The molecule has 0 spiro atoms. The minimum absolute atomic E-state index is 0.266. The molecule has 5 nitrogen and oxygen atoms in total. The number of rotatable bonds is 5. The van der Waals surface area contributed by atoms with E-state index in [2.05, 4.69) is 41.6 Å². The van der Waals surface area contributed by atoms with E-state index in [4.69, 9.17) is 9.72 Å². The summed E-state index contributed by atoms with van der Waals surface area (Å²) < 4.78 is 8.19. The Bertz CT molecular complexity index is 918. The third kappa shape index (κ3) is 2.97. The van der Waals surface area contributed by atoms with E-state index in [-0.39, 0.29) is 6.10 Å². The van der Waals surface area contributed by atoms with Gasteiger partial charge in [-0.3, -0.25) is 0 Å². The number of hydrogen-bond acceptors (Lipinski definition) is 7. The highest BCUT2D eigenvalue weighted by atomic mass is 32.2. The summed E-state index contributed by atoms with van der Waals surface area (Å²) in [6.45, 7) is 7.32. The second-order valence-electron chi connectivity index (χ2n) is 6.57. The van der Waals surface area contributed by atoms with Gasteiger partial charge in [-0.2, -0.15) is 0 Å². The van der Waals surface area contributed by atoms with Gasteiger partial charge < -0.3 is 4.74 Å². The maximum Gasteiger partial charge on any atom is 0.197 e. The summed E-state index contributed by atoms with van der Waals surface area (Å²) in [5, 5.41) is 12.1. The summed E-state index contributed by atoms with van der Waals surface area (Å²) in [5.74, 6) is 1.54. The Hall–Kier alpha value is -0.830. The zero-order valence-corrected chi connectivity index (χ0v) is 17.4. The van der Waals surface area contributed by atoms with Gasteiger partial charge in [0.2, 0.25) is 0 Å². The highest BCUT2D eigenvalue weighted by Crippen LogP contribution is 2.40. The van der Waals surface area contributed by atoms with E-state index < -0.39 is 0 Å². The van der Waals surface area contributed by atoms with Crippen LogP contribution in [0.1, 0.15) is 37.6 Å². The Kier molecular flexibility index (Phi) is 4.96. The van der Waals surface area contributed by atoms with Gasteiger partial charge in [0.15, 0.2) is 16.0 Å². The maximum atomic E-state index is 6.05. The third-order valence-electron chi connectivity index (χ3n) is 4.51. The van der Waals surface area contributed by atoms with E-state index in [1.54, 1.807) is 34.9 Å². The van der Waals surface area contributed by atoms with Crippen LogP contribution in [0, 0.1) is 5.92 Å². The fourth-order valence-corrected chi connectivity index (χ4v) is 5.73. The molecule has 0 aliphatic carbocycles. The van der Waals surface area contributed by atoms with Gasteiger partial charge in [0, 0.05) is 17.1 Å². The lowest BCUT2D eigenvalue weighted by atomic mass is 9.96. The van der Waals surface area contributed by atoms with E-state index in [0.717, 1.165) is 39.4 Å². The molecule has 0 fully saturated rings. The van der Waals surface area contributed by atoms with Gasteiger partial charge in [0.25, 0.3) is 0 Å². The molecule has 0 N–H and O–H groups in total. The predicted octanol–water partition coefficient (Wildman–Crippen LogP) is 4.66. The Balaban J connectivity index is 1.93. The van der Waals surface area contributed by atoms with Crippen molar-refractivity contribution in [2.45, 2.75) is 56.6 Å². The largest absolute Gasteiger partial charge is 0.372 e. The van der Waals surface area contributed by atoms with Crippen LogP contribution in [0.3, 0.4) is 0 Å². The lowest BCUT2D eigenvalue weighted by molar-refractivity contribution is 0.00203. The fourth-order valence-electron chi connectivity index (χ4n) is 3.18. The summed E-state index contributed by atoms with van der Waals surface area (Å²) in [6.07, 6.45) is 4.38. The van der Waals surface area contributed by atoms with Gasteiger partial charge >= 0.3 is 0 Å². The van der Waals surface area contributed by atoms with Crippen molar-refractivity contribution in [2.75, 3.05) is 12.0 Å². The standard InChI is InChI=1S/C17H22N4OS3/c1-5-6-24-17-20-19-14-13-10-7-11(9(2)3)22-8-12(10)25-15(13)18-16(23-4)21(14)17/h9,11H,5-8H2,1-4H3. The Morgan fingerprint density at radius 1 is 1.32 bits per heavy atom. The van der Waals surface area contributed by atoms with E-state index in [0.29, 0.717) is 12.5 Å². The smallest absolute Gasteiger partial charge is 0.197 e. The molecule has 0 amide bonds. The van der Waals surface area contributed by atoms with Crippen LogP contribution >= 0.6 is 34.9 Å². The number of thioether (sulfide) groups is 2. The van der Waals surface area contributed by atoms with Gasteiger partial charge in [-0.05, 0) is 24.2 Å². The average molecular weight is 395 g/mol. The molecule has 0 bridgehead atoms. The molecule has 8 heteroatoms. The first-order chi connectivity index (χ1) is 12.1. The van der Waals surface area contributed by atoms with Crippen molar-refractivity contribution in [2.24, 2.45) is 5.92 Å². The molecule has 1 aliphatic rings. The third-order valence-corrected chi connectivity index (χ3v) is 7.39. The topological polar surface area (TPSA) is 52.3 Å². The van der Waals surface area contributed by atoms with E-state index >= 15 is 0 Å². The molecule has 1 aliphatic heterocycles. The molecule has 1 atom stereocenters. The van der Waals surface area contributed by atoms with Crippen LogP contribution in [0.25, 0.3) is 15.9 Å². The highest BCUT2D eigenvalue weighted by Gasteiger charge is 2.28. The first-order valence-electron chi connectivity index (χ1n) is 8.61. The predicted molar refractivity (Wildman–Crippen MR) is 106 cm³/mol. The summed E-state index contributed by atoms with van der Waals surface area (Å²) in [5.41, 5.74) is 2.32. The van der Waals surface area contributed by atoms with Gasteiger partial charge in [0.05, 0.1) is 18.1 Å². The lowest BCUT2D eigenvalue weighted by Gasteiger charge is -2.26. The van der Waals surface area contributed by atoms with Gasteiger partial charge in [0.1, 0.15) is 4.83 Å². The summed E-state index contributed by atoms with van der Waals surface area (Å²) >= 11 is 5.15. The molecule has 4 rings (SSSR count). The van der Waals surface area contributed by atoms with Crippen LogP contribution in [0.4, 0.5) is 0 Å². The summed E-state index contributed by atoms with van der Waals surface area (Å²) in [7, 11) is 0. The second-order valence-corrected chi connectivity index (χ2v) is 9.49. The van der Waals surface area contributed by atoms with E-state index in [1.807, 2.05) is 0 Å². The average Bonchev–Trinajstić information content (AvgIpc) is 3.19. The first-order valence-corrected chi connectivity index (χ1v) is 11.6. The number of ether oxygens (including phenoxy) is 1. The van der Waals surface area contributed by atoms with Crippen molar-refractivity contribution in [3.05, 3.63) is 10.4 Å². The summed E-state index contributed by atoms with van der Waals surface area (Å²) in [4.78, 5) is 7.29. The highest BCUT2D eigenvalue weighted by molar-refractivity contribution is 7.99. The zero-order valence-electron chi connectivity index (χ0n) is 14.9. The molecule has 25 heavy (non-hydrogen) atoms. The van der Waals surface area contributed by atoms with Crippen LogP contribution in [0.2, 0.25) is 0 Å². The maximum absolute atomic E-state index is 6.05. The monoisotopic (exact) mass is 394 g/mol. The Labute approximate surface area is 160 Å². The molecule has 4 heterocycles. The molecular formula is C17H22N4OS3. The SMILES string of the molecule is CCCSc1nnc2c3c4c(sc3nc(SC)n12)COC(C(C)C)C4. The quantitative estimate of drug-likeness (QED) is 0.463. The lowest BCUT2D eigenvalue weighted by Crippen LogP contribution is -2.26. The van der Waals surface area contributed by atoms with Crippen LogP contribution in [0.15, 0.2) is 10.3 Å². The minimum atomic E-state index is 0.266. The van der Waals surface area contributed by atoms with Crippen LogP contribution in [0.5, 0.6) is 0 Å². The molecule has 3 aromatic rings. The van der Waals surface area contributed by atoms with Crippen LogP contribution < -0.4 is 0 Å². The number of aromatic nitrogens is 4. The van der Waals surface area contributed by atoms with E-state index in [1.165, 1.54) is 15.8 Å². The number of nitrogens with zero attached hydrogens (tertiary/aromatic N) is 4. The molecule has 134 valence electrons. The van der Waals surface area contributed by atoms with Crippen molar-refractivity contribution in [3.8, 4) is 0 Å². The number of hydrogen-bond donors (Lipinski definition) is 0. The van der Waals surface area contributed by atoms with Crippen molar-refractivity contribution < 1.29 is 4.74 Å². The fraction of sp³-hybridized carbons (Fsp3) is 0.588. The van der Waals surface area contributed by atoms with Crippen LogP contribution in [-0.4, -0.2) is 37.7 Å². The minimum Gasteiger partial charge on any atom is -0.372 e. The van der Waals surface area contributed by atoms with Crippen molar-refractivity contribution in [1.29, 1.82) is 0 Å². The molecule has 0 aromatic carbocycles. The Morgan fingerprint density at radius 2 is 2.16 bits per heavy atom. The molecule has 1 unspecified atom stereocenters. The Morgan fingerprint density at radius 3 is 2.88 bits per heavy atom. The molecular weight excluding hydrogens is 372 g/mol. The second kappa shape index (κ2) is 7.06. The molecule has 0 radical (unpaired) electrons. The molecule has 0 saturated carbocycles. The van der Waals surface area contributed by atoms with Gasteiger partial charge in [-0.25, -0.2) is 9.38 Å². The number of thiophene rings is 1. The number of fused-ring (bicyclic) bond motifs is 5. The first kappa shape index (κ1) is 17.6. The molecule has 0 saturated heterocycles. The molecule has 3 aromatic heterocycles. The summed E-state index contributed by atoms with van der Waals surface area (Å²) in [6, 6.07) is 0.